The number of carbonyl (C=O) groups is 2. The van der Waals surface area contributed by atoms with Crippen LogP contribution in [0.5, 0.6) is 0 Å². The largest absolute Gasteiger partial charge is 0.511 e. The molecule has 0 heterocycles. The van der Waals surface area contributed by atoms with Gasteiger partial charge in [-0.15, -0.1) is 0 Å². The summed E-state index contributed by atoms with van der Waals surface area (Å²) in [6.07, 6.45) is 7.05. The van der Waals surface area contributed by atoms with Gasteiger partial charge < -0.3 is 9.84 Å². The highest BCUT2D eigenvalue weighted by Crippen LogP contribution is 2.19. The Bertz CT molecular complexity index is 564. The number of ether oxygens (including phenoxy) is 1. The highest BCUT2D eigenvalue weighted by Gasteiger charge is 2.24. The van der Waals surface area contributed by atoms with Crippen LogP contribution in [0.25, 0.3) is 0 Å². The molecule has 0 amide bonds. The van der Waals surface area contributed by atoms with Gasteiger partial charge in [0, 0.05) is 5.92 Å². The van der Waals surface area contributed by atoms with Crippen LogP contribution < -0.4 is 0 Å². The standard InChI is InChI=1S/C16H16O4/c1-4-20-16(19)14(12(3)17)15(18)11(2)10-13-8-6-5-7-9-13/h1,5-9,11,18H,10H2,2-3H3/b15-14+. The van der Waals surface area contributed by atoms with E-state index in [1.807, 2.05) is 30.3 Å². The van der Waals surface area contributed by atoms with Gasteiger partial charge in [0.2, 0.25) is 0 Å². The number of aliphatic hydroxyl groups is 1. The quantitative estimate of drug-likeness (QED) is 0.223. The Morgan fingerprint density at radius 2 is 1.95 bits per heavy atom. The Labute approximate surface area is 118 Å². The monoisotopic (exact) mass is 272 g/mol. The molecule has 0 aliphatic rings. The topological polar surface area (TPSA) is 63.6 Å². The van der Waals surface area contributed by atoms with Crippen molar-refractivity contribution in [2.75, 3.05) is 0 Å². The second kappa shape index (κ2) is 7.15. The second-order valence-corrected chi connectivity index (χ2v) is 4.41. The average molecular weight is 272 g/mol. The van der Waals surface area contributed by atoms with Gasteiger partial charge in [-0.05, 0) is 18.9 Å². The van der Waals surface area contributed by atoms with Crippen LogP contribution in [0.3, 0.4) is 0 Å². The average Bonchev–Trinajstić information content (AvgIpc) is 2.39. The van der Waals surface area contributed by atoms with E-state index in [9.17, 15) is 14.7 Å². The highest BCUT2D eigenvalue weighted by molar-refractivity contribution is 6.17. The molecule has 1 rings (SSSR count). The van der Waals surface area contributed by atoms with E-state index in [2.05, 4.69) is 4.74 Å². The number of allylic oxidation sites excluding steroid dienone is 1. The fraction of sp³-hybridized carbons (Fsp3) is 0.250. The third-order valence-electron chi connectivity index (χ3n) is 2.82. The number of ketones is 1. The van der Waals surface area contributed by atoms with Crippen LogP contribution in [0.2, 0.25) is 0 Å². The summed E-state index contributed by atoms with van der Waals surface area (Å²) in [5, 5.41) is 10.1. The molecule has 1 atom stereocenters. The first-order chi connectivity index (χ1) is 9.47. The molecule has 4 nitrogen and oxygen atoms in total. The smallest absolute Gasteiger partial charge is 0.359 e. The number of carbonyl (C=O) groups excluding carboxylic acids is 2. The molecule has 0 aliphatic carbocycles. The fourth-order valence-electron chi connectivity index (χ4n) is 1.84. The summed E-state index contributed by atoms with van der Waals surface area (Å²) in [4.78, 5) is 23.1. The maximum Gasteiger partial charge on any atom is 0.359 e. The van der Waals surface area contributed by atoms with Crippen molar-refractivity contribution >= 4 is 11.8 Å². The zero-order chi connectivity index (χ0) is 15.1. The highest BCUT2D eigenvalue weighted by atomic mass is 16.5. The van der Waals surface area contributed by atoms with E-state index in [0.29, 0.717) is 6.42 Å². The van der Waals surface area contributed by atoms with Gasteiger partial charge in [0.25, 0.3) is 0 Å². The predicted octanol–water partition coefficient (Wildman–Crippen LogP) is 2.40. The van der Waals surface area contributed by atoms with Gasteiger partial charge in [-0.1, -0.05) is 43.7 Å². The molecule has 4 heteroatoms. The minimum atomic E-state index is -1.00. The van der Waals surface area contributed by atoms with Crippen LogP contribution >= 0.6 is 0 Å². The van der Waals surface area contributed by atoms with Crippen molar-refractivity contribution in [1.29, 1.82) is 0 Å². The predicted molar refractivity (Wildman–Crippen MR) is 74.6 cm³/mol. The molecule has 1 unspecified atom stereocenters. The Hall–Kier alpha value is -2.54. The first-order valence-electron chi connectivity index (χ1n) is 6.12. The molecule has 0 aromatic heterocycles. The molecular formula is C16H16O4. The third-order valence-corrected chi connectivity index (χ3v) is 2.82. The maximum absolute atomic E-state index is 11.6. The van der Waals surface area contributed by atoms with E-state index in [0.717, 1.165) is 5.56 Å². The minimum Gasteiger partial charge on any atom is -0.511 e. The summed E-state index contributed by atoms with van der Waals surface area (Å²) in [6.45, 7) is 2.90. The van der Waals surface area contributed by atoms with Crippen LogP contribution in [0.1, 0.15) is 19.4 Å². The zero-order valence-corrected chi connectivity index (χ0v) is 11.4. The van der Waals surface area contributed by atoms with E-state index < -0.39 is 23.2 Å². The van der Waals surface area contributed by atoms with E-state index >= 15 is 0 Å². The van der Waals surface area contributed by atoms with Crippen molar-refractivity contribution in [2.45, 2.75) is 20.3 Å². The number of Topliss-reactive ketones (excluding diaryl/α,β-unsaturated/α-hetero) is 1. The molecule has 20 heavy (non-hydrogen) atoms. The Morgan fingerprint density at radius 1 is 1.35 bits per heavy atom. The van der Waals surface area contributed by atoms with Gasteiger partial charge in [0.1, 0.15) is 17.4 Å². The molecule has 0 bridgehead atoms. The molecule has 0 spiro atoms. The minimum absolute atomic E-state index is 0.304. The molecule has 1 N–H and O–H groups in total. The zero-order valence-electron chi connectivity index (χ0n) is 11.4. The van der Waals surface area contributed by atoms with Crippen molar-refractivity contribution in [2.24, 2.45) is 5.92 Å². The second-order valence-electron chi connectivity index (χ2n) is 4.41. The number of hydrogen-bond acceptors (Lipinski definition) is 4. The summed E-state index contributed by atoms with van der Waals surface area (Å²) < 4.78 is 4.34. The van der Waals surface area contributed by atoms with Gasteiger partial charge in [0.15, 0.2) is 5.78 Å². The lowest BCUT2D eigenvalue weighted by Crippen LogP contribution is -2.18. The van der Waals surface area contributed by atoms with Gasteiger partial charge in [-0.2, -0.15) is 0 Å². The van der Waals surface area contributed by atoms with Crippen LogP contribution in [0.4, 0.5) is 0 Å². The summed E-state index contributed by atoms with van der Waals surface area (Å²) in [7, 11) is 0. The van der Waals surface area contributed by atoms with Gasteiger partial charge in [-0.3, -0.25) is 4.79 Å². The van der Waals surface area contributed by atoms with Crippen molar-refractivity contribution in [3.05, 3.63) is 47.2 Å². The van der Waals surface area contributed by atoms with Crippen LogP contribution in [0.15, 0.2) is 41.7 Å². The Kier molecular flexibility index (Phi) is 5.55. The van der Waals surface area contributed by atoms with Gasteiger partial charge in [-0.25, -0.2) is 4.79 Å². The summed E-state index contributed by atoms with van der Waals surface area (Å²) in [5.74, 6) is -2.29. The van der Waals surface area contributed by atoms with E-state index in [1.165, 1.54) is 6.92 Å². The van der Waals surface area contributed by atoms with E-state index in [4.69, 9.17) is 6.42 Å². The van der Waals surface area contributed by atoms with E-state index in [1.54, 1.807) is 13.0 Å². The number of aliphatic hydroxyl groups excluding tert-OH is 1. The lowest BCUT2D eigenvalue weighted by Gasteiger charge is -2.13. The molecule has 104 valence electrons. The lowest BCUT2D eigenvalue weighted by atomic mass is 9.95. The number of hydrogen-bond donors (Lipinski definition) is 1. The normalized spacial score (nSPS) is 12.8. The summed E-state index contributed by atoms with van der Waals surface area (Å²) in [6, 6.07) is 9.44. The maximum atomic E-state index is 11.6. The fourth-order valence-corrected chi connectivity index (χ4v) is 1.84. The van der Waals surface area contributed by atoms with E-state index in [-0.39, 0.29) is 5.76 Å². The van der Waals surface area contributed by atoms with Crippen LogP contribution in [-0.4, -0.2) is 16.9 Å². The number of esters is 1. The SMILES string of the molecule is C#COC(=O)/C(C(C)=O)=C(/O)C(C)Cc1ccccc1. The van der Waals surface area contributed by atoms with Crippen molar-refractivity contribution < 1.29 is 19.4 Å². The molecule has 1 aromatic rings. The van der Waals surface area contributed by atoms with Crippen molar-refractivity contribution in [1.82, 2.24) is 0 Å². The van der Waals surface area contributed by atoms with Crippen LogP contribution in [0, 0.1) is 18.4 Å². The molecule has 0 aliphatic heterocycles. The number of terminal acetylenes is 1. The van der Waals surface area contributed by atoms with Crippen molar-refractivity contribution in [3.8, 4) is 12.5 Å². The first kappa shape index (κ1) is 15.5. The first-order valence-corrected chi connectivity index (χ1v) is 6.12. The van der Waals surface area contributed by atoms with Crippen molar-refractivity contribution in [3.63, 3.8) is 0 Å². The Morgan fingerprint density at radius 3 is 2.45 bits per heavy atom. The number of rotatable bonds is 5. The summed E-state index contributed by atoms with van der Waals surface area (Å²) >= 11 is 0. The van der Waals surface area contributed by atoms with Crippen LogP contribution in [-0.2, 0) is 20.7 Å². The van der Waals surface area contributed by atoms with Gasteiger partial charge in [0.05, 0.1) is 0 Å². The molecule has 0 fully saturated rings. The Balaban J connectivity index is 3.00. The summed E-state index contributed by atoms with van der Waals surface area (Å²) in [5.41, 5.74) is 0.589. The molecule has 1 aromatic carbocycles. The number of benzene rings is 1. The van der Waals surface area contributed by atoms with Gasteiger partial charge >= 0.3 is 5.97 Å². The molecule has 0 saturated carbocycles. The molecule has 0 saturated heterocycles. The molecule has 0 radical (unpaired) electrons. The third kappa shape index (κ3) is 3.99. The lowest BCUT2D eigenvalue weighted by molar-refractivity contribution is -0.134. The molecular weight excluding hydrogens is 256 g/mol.